The lowest BCUT2D eigenvalue weighted by Crippen LogP contribution is -2.52. The van der Waals surface area contributed by atoms with Crippen molar-refractivity contribution in [2.24, 2.45) is 5.92 Å². The maximum atomic E-state index is 12.7. The molecule has 0 N–H and O–H groups in total. The fourth-order valence-corrected chi connectivity index (χ4v) is 4.00. The van der Waals surface area contributed by atoms with Gasteiger partial charge in [-0.25, -0.2) is 0 Å². The summed E-state index contributed by atoms with van der Waals surface area (Å²) in [5, 5.41) is 4.04. The number of aromatic nitrogens is 2. The van der Waals surface area contributed by atoms with Gasteiger partial charge in [0.2, 0.25) is 17.7 Å². The van der Waals surface area contributed by atoms with Gasteiger partial charge in [-0.15, -0.1) is 0 Å². The topological polar surface area (TPSA) is 88.8 Å². The number of likely N-dealkylation sites (tertiary alicyclic amines) is 1. The molecule has 1 fully saturated rings. The van der Waals surface area contributed by atoms with Crippen LogP contribution in [0.4, 0.5) is 0 Å². The number of nitrogens with zero attached hydrogens (tertiary/aromatic N) is 4. The molecule has 1 aromatic carbocycles. The van der Waals surface area contributed by atoms with Gasteiger partial charge in [0, 0.05) is 45.4 Å². The second-order valence-corrected chi connectivity index (χ2v) is 8.78. The summed E-state index contributed by atoms with van der Waals surface area (Å²) < 4.78 is 10.9. The molecule has 1 unspecified atom stereocenters. The second kappa shape index (κ2) is 11.8. The third kappa shape index (κ3) is 7.15. The summed E-state index contributed by atoms with van der Waals surface area (Å²) in [4.78, 5) is 33.1. The number of rotatable bonds is 10. The lowest BCUT2D eigenvalue weighted by molar-refractivity contribution is -0.142. The van der Waals surface area contributed by atoms with E-state index in [-0.39, 0.29) is 24.5 Å². The first-order valence-electron chi connectivity index (χ1n) is 11.4. The van der Waals surface area contributed by atoms with Crippen LogP contribution in [0.15, 0.2) is 34.9 Å². The molecule has 0 bridgehead atoms. The molecule has 8 heteroatoms. The summed E-state index contributed by atoms with van der Waals surface area (Å²) in [5.74, 6) is 1.65. The van der Waals surface area contributed by atoms with Crippen molar-refractivity contribution in [3.05, 3.63) is 47.6 Å². The van der Waals surface area contributed by atoms with E-state index in [1.54, 1.807) is 6.92 Å². The van der Waals surface area contributed by atoms with Crippen molar-refractivity contribution >= 4 is 11.8 Å². The Hall–Kier alpha value is -2.74. The lowest BCUT2D eigenvalue weighted by Gasteiger charge is -2.39. The maximum Gasteiger partial charge on any atom is 0.248 e. The molecule has 0 aliphatic carbocycles. The van der Waals surface area contributed by atoms with Gasteiger partial charge in [0.15, 0.2) is 5.82 Å². The number of hydrogen-bond donors (Lipinski definition) is 0. The zero-order valence-corrected chi connectivity index (χ0v) is 19.3. The van der Waals surface area contributed by atoms with Crippen molar-refractivity contribution in [3.8, 4) is 0 Å². The van der Waals surface area contributed by atoms with Crippen LogP contribution in [0.5, 0.6) is 0 Å². The normalized spacial score (nSPS) is 16.4. The summed E-state index contributed by atoms with van der Waals surface area (Å²) in [7, 11) is 0. The van der Waals surface area contributed by atoms with E-state index in [1.807, 2.05) is 40.1 Å². The average molecular weight is 443 g/mol. The van der Waals surface area contributed by atoms with Crippen molar-refractivity contribution < 1.29 is 18.8 Å². The number of benzene rings is 1. The molecule has 1 aliphatic rings. The van der Waals surface area contributed by atoms with E-state index in [0.717, 1.165) is 24.8 Å². The van der Waals surface area contributed by atoms with Gasteiger partial charge in [-0.3, -0.25) is 9.59 Å². The quantitative estimate of drug-likeness (QED) is 0.562. The van der Waals surface area contributed by atoms with Crippen LogP contribution in [0, 0.1) is 5.92 Å². The molecule has 174 valence electrons. The molecule has 0 spiro atoms. The van der Waals surface area contributed by atoms with Gasteiger partial charge in [-0.1, -0.05) is 49.3 Å². The van der Waals surface area contributed by atoms with E-state index in [4.69, 9.17) is 9.26 Å². The third-order valence-electron chi connectivity index (χ3n) is 5.60. The summed E-state index contributed by atoms with van der Waals surface area (Å²) >= 11 is 0. The van der Waals surface area contributed by atoms with Crippen LogP contribution in [0.1, 0.15) is 50.9 Å². The molecule has 0 radical (unpaired) electrons. The monoisotopic (exact) mass is 442 g/mol. The number of carbonyl (C=O) groups excluding carboxylic acids is 2. The van der Waals surface area contributed by atoms with Crippen molar-refractivity contribution in [2.75, 3.05) is 26.2 Å². The summed E-state index contributed by atoms with van der Waals surface area (Å²) in [5.41, 5.74) is 1.04. The molecular formula is C24H34N4O4. The van der Waals surface area contributed by atoms with E-state index < -0.39 is 0 Å². The minimum atomic E-state index is -0.0365. The van der Waals surface area contributed by atoms with Crippen LogP contribution in [0.3, 0.4) is 0 Å². The Kier molecular flexibility index (Phi) is 8.79. The first-order chi connectivity index (χ1) is 15.4. The van der Waals surface area contributed by atoms with Crippen LogP contribution in [0.25, 0.3) is 0 Å². The van der Waals surface area contributed by atoms with Gasteiger partial charge < -0.3 is 19.1 Å². The van der Waals surface area contributed by atoms with Crippen molar-refractivity contribution in [2.45, 2.75) is 59.1 Å². The summed E-state index contributed by atoms with van der Waals surface area (Å²) in [6, 6.07) is 9.79. The standard InChI is InChI=1S/C24H34N4O4/c1-18(2)14-23-25-22(26-32-23)11-13-28(19(3)29)21-10-7-12-27(15-21)24(30)17-31-16-20-8-5-4-6-9-20/h4-6,8-9,18,21H,7,10-17H2,1-3H3. The van der Waals surface area contributed by atoms with E-state index in [9.17, 15) is 9.59 Å². The van der Waals surface area contributed by atoms with E-state index in [0.29, 0.717) is 50.3 Å². The molecule has 1 aromatic heterocycles. The Morgan fingerprint density at radius 1 is 1.28 bits per heavy atom. The zero-order valence-electron chi connectivity index (χ0n) is 19.3. The molecule has 8 nitrogen and oxygen atoms in total. The molecule has 1 atom stereocenters. The van der Waals surface area contributed by atoms with E-state index in [1.165, 1.54) is 0 Å². The van der Waals surface area contributed by atoms with Gasteiger partial charge in [-0.05, 0) is 24.3 Å². The Morgan fingerprint density at radius 3 is 2.78 bits per heavy atom. The molecule has 32 heavy (non-hydrogen) atoms. The fraction of sp³-hybridized carbons (Fsp3) is 0.583. The average Bonchev–Trinajstić information content (AvgIpc) is 3.21. The van der Waals surface area contributed by atoms with Crippen molar-refractivity contribution in [3.63, 3.8) is 0 Å². The van der Waals surface area contributed by atoms with Crippen LogP contribution in [-0.4, -0.2) is 64.0 Å². The third-order valence-corrected chi connectivity index (χ3v) is 5.60. The van der Waals surface area contributed by atoms with Crippen LogP contribution in [-0.2, 0) is 33.8 Å². The van der Waals surface area contributed by atoms with Gasteiger partial charge in [0.1, 0.15) is 6.61 Å². The van der Waals surface area contributed by atoms with E-state index >= 15 is 0 Å². The minimum absolute atomic E-state index is 0.00414. The van der Waals surface area contributed by atoms with Gasteiger partial charge in [-0.2, -0.15) is 4.98 Å². The number of hydrogen-bond acceptors (Lipinski definition) is 6. The molecule has 1 saturated heterocycles. The molecule has 2 aromatic rings. The molecule has 0 saturated carbocycles. The minimum Gasteiger partial charge on any atom is -0.367 e. The van der Waals surface area contributed by atoms with Crippen molar-refractivity contribution in [1.82, 2.24) is 19.9 Å². The molecular weight excluding hydrogens is 408 g/mol. The lowest BCUT2D eigenvalue weighted by atomic mass is 10.0. The summed E-state index contributed by atoms with van der Waals surface area (Å²) in [6.45, 7) is 7.96. The number of carbonyl (C=O) groups is 2. The predicted octanol–water partition coefficient (Wildman–Crippen LogP) is 2.87. The first-order valence-corrected chi connectivity index (χ1v) is 11.4. The largest absolute Gasteiger partial charge is 0.367 e. The molecule has 2 heterocycles. The number of amides is 2. The highest BCUT2D eigenvalue weighted by Gasteiger charge is 2.29. The Bertz CT molecular complexity index is 868. The Morgan fingerprint density at radius 2 is 2.06 bits per heavy atom. The smallest absolute Gasteiger partial charge is 0.248 e. The van der Waals surface area contributed by atoms with Crippen LogP contribution < -0.4 is 0 Å². The highest BCUT2D eigenvalue weighted by atomic mass is 16.5. The zero-order chi connectivity index (χ0) is 22.9. The van der Waals surface area contributed by atoms with Crippen LogP contribution in [0.2, 0.25) is 0 Å². The highest BCUT2D eigenvalue weighted by molar-refractivity contribution is 5.78. The fourth-order valence-electron chi connectivity index (χ4n) is 4.00. The highest BCUT2D eigenvalue weighted by Crippen LogP contribution is 2.17. The number of piperidine rings is 1. The number of ether oxygens (including phenoxy) is 1. The predicted molar refractivity (Wildman–Crippen MR) is 120 cm³/mol. The van der Waals surface area contributed by atoms with Crippen LogP contribution >= 0.6 is 0 Å². The van der Waals surface area contributed by atoms with Gasteiger partial charge in [0.25, 0.3) is 0 Å². The van der Waals surface area contributed by atoms with Crippen molar-refractivity contribution in [1.29, 1.82) is 0 Å². The summed E-state index contributed by atoms with van der Waals surface area (Å²) in [6.07, 6.45) is 3.01. The maximum absolute atomic E-state index is 12.7. The SMILES string of the molecule is CC(=O)N(CCc1noc(CC(C)C)n1)C1CCCN(C(=O)COCc2ccccc2)C1. The first kappa shape index (κ1) is 23.9. The Labute approximate surface area is 189 Å². The molecule has 3 rings (SSSR count). The van der Waals surface area contributed by atoms with Gasteiger partial charge in [0.05, 0.1) is 6.61 Å². The molecule has 2 amide bonds. The van der Waals surface area contributed by atoms with Gasteiger partial charge >= 0.3 is 0 Å². The van der Waals surface area contributed by atoms with E-state index in [2.05, 4.69) is 24.0 Å². The molecule has 1 aliphatic heterocycles. The Balaban J connectivity index is 1.50. The second-order valence-electron chi connectivity index (χ2n) is 8.78.